The third-order valence-electron chi connectivity index (χ3n) is 7.42. The van der Waals surface area contributed by atoms with Crippen LogP contribution in [0.1, 0.15) is 53.4 Å². The summed E-state index contributed by atoms with van der Waals surface area (Å²) < 4.78 is 60.9. The third kappa shape index (κ3) is 3.04. The molecule has 0 aromatic heterocycles. The number of rotatable bonds is 3. The van der Waals surface area contributed by atoms with Gasteiger partial charge in [-0.15, -0.1) is 0 Å². The topological polar surface area (TPSA) is 58.5 Å². The van der Waals surface area contributed by atoms with Crippen LogP contribution in [0.2, 0.25) is 0 Å². The van der Waals surface area contributed by atoms with E-state index in [-0.39, 0.29) is 24.3 Å². The summed E-state index contributed by atoms with van der Waals surface area (Å²) in [6, 6.07) is 0. The molecule has 1 unspecified atom stereocenters. The molecule has 4 aliphatic heterocycles. The lowest BCUT2D eigenvalue weighted by molar-refractivity contribution is -0.583. The molecule has 30 heavy (non-hydrogen) atoms. The first-order chi connectivity index (χ1) is 14.0. The fourth-order valence-corrected chi connectivity index (χ4v) is 5.89. The van der Waals surface area contributed by atoms with Crippen molar-refractivity contribution in [3.8, 4) is 0 Å². The van der Waals surface area contributed by atoms with Gasteiger partial charge in [-0.1, -0.05) is 26.5 Å². The predicted molar refractivity (Wildman–Crippen MR) is 101 cm³/mol. The second kappa shape index (κ2) is 7.18. The second-order valence-corrected chi connectivity index (χ2v) is 9.24. The summed E-state index contributed by atoms with van der Waals surface area (Å²) in [4.78, 5) is 15.6. The van der Waals surface area contributed by atoms with Gasteiger partial charge in [0.15, 0.2) is 17.8 Å². The Morgan fingerprint density at radius 3 is 2.57 bits per heavy atom. The van der Waals surface area contributed by atoms with Crippen LogP contribution in [0.4, 0.5) is 13.2 Å². The first-order valence-corrected chi connectivity index (χ1v) is 10.6. The molecule has 1 saturated carbocycles. The molecular formula is C21H30F3NO5. The van der Waals surface area contributed by atoms with E-state index < -0.39 is 41.4 Å². The van der Waals surface area contributed by atoms with Crippen molar-refractivity contribution in [3.05, 3.63) is 12.7 Å². The van der Waals surface area contributed by atoms with Gasteiger partial charge < -0.3 is 14.2 Å². The molecule has 0 aromatic carbocycles. The SMILES string of the molecule is C=CCOC(C)=N[C@@]1(C(F)(F)F)O[C@@H]2O[C@]3(C)CCC4[C@H](C)CC[C@@H]([C@H]1C)[C@]42OO3. The van der Waals surface area contributed by atoms with Gasteiger partial charge in [0, 0.05) is 25.2 Å². The molecule has 1 spiro atoms. The van der Waals surface area contributed by atoms with Crippen molar-refractivity contribution in [2.45, 2.75) is 83.0 Å². The van der Waals surface area contributed by atoms with Crippen LogP contribution in [0.25, 0.3) is 0 Å². The van der Waals surface area contributed by atoms with Crippen molar-refractivity contribution in [3.63, 3.8) is 0 Å². The summed E-state index contributed by atoms with van der Waals surface area (Å²) in [7, 11) is 0. The van der Waals surface area contributed by atoms with Crippen LogP contribution in [0, 0.1) is 23.7 Å². The standard InChI is InChI=1S/C21H30F3NO5/c1-6-11-26-14(4)25-20(21(22,23)24)13(3)16-8-7-12(2)15-9-10-18(5)27-17(28-20)19(15,16)30-29-18/h6,12-13,15-17H,1,7-11H2,2-5H3/t12-,13-,15?,16+,17+,18+,19-,20-/m1/s1. The summed E-state index contributed by atoms with van der Waals surface area (Å²) in [6.07, 6.45) is -1.96. The average molecular weight is 433 g/mol. The van der Waals surface area contributed by atoms with Gasteiger partial charge in [-0.25, -0.2) is 14.8 Å². The minimum atomic E-state index is -4.78. The van der Waals surface area contributed by atoms with E-state index in [1.807, 2.05) is 0 Å². The van der Waals surface area contributed by atoms with Gasteiger partial charge in [-0.2, -0.15) is 13.2 Å². The van der Waals surface area contributed by atoms with Gasteiger partial charge in [0.2, 0.25) is 5.79 Å². The van der Waals surface area contributed by atoms with Crippen LogP contribution in [-0.4, -0.2) is 42.1 Å². The summed E-state index contributed by atoms with van der Waals surface area (Å²) in [5.41, 5.74) is -3.89. The van der Waals surface area contributed by atoms with Crippen molar-refractivity contribution >= 4 is 5.90 Å². The van der Waals surface area contributed by atoms with Crippen LogP contribution >= 0.6 is 0 Å². The molecule has 6 nitrogen and oxygen atoms in total. The quantitative estimate of drug-likeness (QED) is 0.278. The van der Waals surface area contributed by atoms with E-state index in [1.165, 1.54) is 19.9 Å². The zero-order valence-corrected chi connectivity index (χ0v) is 17.8. The van der Waals surface area contributed by atoms with E-state index in [4.69, 9.17) is 24.0 Å². The molecule has 2 bridgehead atoms. The monoisotopic (exact) mass is 433 g/mol. The minimum Gasteiger partial charge on any atom is -0.477 e. The summed E-state index contributed by atoms with van der Waals surface area (Å²) >= 11 is 0. The Morgan fingerprint density at radius 2 is 1.90 bits per heavy atom. The number of aliphatic imine (C=N–C) groups is 1. The number of nitrogens with zero attached hydrogens (tertiary/aromatic N) is 1. The van der Waals surface area contributed by atoms with Crippen molar-refractivity contribution in [1.82, 2.24) is 0 Å². The summed E-state index contributed by atoms with van der Waals surface area (Å²) in [6.45, 7) is 10.3. The van der Waals surface area contributed by atoms with Crippen LogP contribution in [-0.2, 0) is 24.0 Å². The minimum absolute atomic E-state index is 0.0265. The maximum atomic E-state index is 14.6. The van der Waals surface area contributed by atoms with Gasteiger partial charge in [-0.05, 0) is 38.0 Å². The zero-order valence-electron chi connectivity index (χ0n) is 17.8. The highest BCUT2D eigenvalue weighted by atomic mass is 19.4. The maximum Gasteiger partial charge on any atom is 0.439 e. The highest BCUT2D eigenvalue weighted by Gasteiger charge is 2.76. The molecule has 8 atom stereocenters. The van der Waals surface area contributed by atoms with Crippen LogP contribution in [0.5, 0.6) is 0 Å². The van der Waals surface area contributed by atoms with Gasteiger partial charge >= 0.3 is 6.18 Å². The number of hydrogen-bond donors (Lipinski definition) is 0. The average Bonchev–Trinajstić information content (AvgIpc) is 2.89. The molecule has 9 heteroatoms. The molecular weight excluding hydrogens is 403 g/mol. The van der Waals surface area contributed by atoms with E-state index in [0.29, 0.717) is 12.8 Å². The smallest absolute Gasteiger partial charge is 0.439 e. The first-order valence-electron chi connectivity index (χ1n) is 10.6. The molecule has 0 amide bonds. The summed E-state index contributed by atoms with van der Waals surface area (Å²) in [5, 5.41) is 0. The van der Waals surface area contributed by atoms with E-state index in [9.17, 15) is 13.2 Å². The largest absolute Gasteiger partial charge is 0.477 e. The first kappa shape index (κ1) is 22.0. The fraction of sp³-hybridized carbons (Fsp3) is 0.857. The van der Waals surface area contributed by atoms with Crippen molar-refractivity contribution < 1.29 is 37.2 Å². The fourth-order valence-electron chi connectivity index (χ4n) is 5.89. The Hall–Kier alpha value is -1.16. The van der Waals surface area contributed by atoms with Crippen molar-refractivity contribution in [1.29, 1.82) is 0 Å². The number of hydrogen-bond acceptors (Lipinski definition) is 6. The third-order valence-corrected chi connectivity index (χ3v) is 7.42. The Balaban J connectivity index is 1.83. The van der Waals surface area contributed by atoms with E-state index in [1.54, 1.807) is 6.92 Å². The molecule has 0 aromatic rings. The van der Waals surface area contributed by atoms with Gasteiger partial charge in [0.1, 0.15) is 6.61 Å². The molecule has 0 radical (unpaired) electrons. The van der Waals surface area contributed by atoms with Gasteiger partial charge in [0.05, 0.1) is 0 Å². The molecule has 1 aliphatic carbocycles. The summed E-state index contributed by atoms with van der Waals surface area (Å²) in [5.74, 6) is -2.57. The highest BCUT2D eigenvalue weighted by Crippen LogP contribution is 2.64. The molecule has 4 heterocycles. The van der Waals surface area contributed by atoms with E-state index >= 15 is 0 Å². The van der Waals surface area contributed by atoms with E-state index in [0.717, 1.165) is 12.8 Å². The zero-order chi connectivity index (χ0) is 21.9. The lowest BCUT2D eigenvalue weighted by atomic mass is 9.56. The Bertz CT molecular complexity index is 730. The Morgan fingerprint density at radius 1 is 1.17 bits per heavy atom. The maximum absolute atomic E-state index is 14.6. The van der Waals surface area contributed by atoms with Gasteiger partial charge in [0.25, 0.3) is 5.72 Å². The number of fused-ring (bicyclic) bond motifs is 2. The van der Waals surface area contributed by atoms with Crippen LogP contribution in [0.3, 0.4) is 0 Å². The molecule has 5 fully saturated rings. The Kier molecular flexibility index (Phi) is 5.28. The number of alkyl halides is 3. The predicted octanol–water partition coefficient (Wildman–Crippen LogP) is 4.75. The lowest BCUT2D eigenvalue weighted by Gasteiger charge is -2.62. The molecule has 5 aliphatic rings. The van der Waals surface area contributed by atoms with Crippen molar-refractivity contribution in [2.75, 3.05) is 6.61 Å². The van der Waals surface area contributed by atoms with E-state index in [2.05, 4.69) is 18.5 Å². The molecule has 5 rings (SSSR count). The molecule has 4 saturated heterocycles. The highest BCUT2D eigenvalue weighted by molar-refractivity contribution is 5.73. The number of ether oxygens (including phenoxy) is 3. The molecule has 170 valence electrons. The lowest BCUT2D eigenvalue weighted by Crippen LogP contribution is -2.75. The van der Waals surface area contributed by atoms with Crippen molar-refractivity contribution in [2.24, 2.45) is 28.7 Å². The van der Waals surface area contributed by atoms with Crippen LogP contribution in [0.15, 0.2) is 17.6 Å². The normalized spacial score (nSPS) is 48.6. The second-order valence-electron chi connectivity index (χ2n) is 9.24. The van der Waals surface area contributed by atoms with Gasteiger partial charge in [-0.3, -0.25) is 0 Å². The Labute approximate surface area is 174 Å². The van der Waals surface area contributed by atoms with Crippen LogP contribution < -0.4 is 0 Å². The number of halogens is 3. The molecule has 0 N–H and O–H groups in total.